The first-order chi connectivity index (χ1) is 6.63. The highest BCUT2D eigenvalue weighted by Gasteiger charge is 2.08. The van der Waals surface area contributed by atoms with Crippen LogP contribution in [0.4, 0.5) is 5.95 Å². The van der Waals surface area contributed by atoms with Crippen LogP contribution in [0.3, 0.4) is 0 Å². The molecule has 78 valence electrons. The summed E-state index contributed by atoms with van der Waals surface area (Å²) >= 11 is 5.83. The molecule has 1 aromatic rings. The molecule has 0 aliphatic rings. The number of rotatable bonds is 4. The number of nitrogens with zero attached hydrogens (tertiary/aromatic N) is 2. The van der Waals surface area contributed by atoms with E-state index in [1.165, 1.54) is 6.20 Å². The Bertz CT molecular complexity index is 306. The third-order valence-electron chi connectivity index (χ3n) is 1.74. The zero-order valence-corrected chi connectivity index (χ0v) is 9.08. The van der Waals surface area contributed by atoms with Gasteiger partial charge in [-0.05, 0) is 13.3 Å². The molecule has 2 N–H and O–H groups in total. The molecule has 1 atom stereocenters. The summed E-state index contributed by atoms with van der Waals surface area (Å²) in [5, 5.41) is 0.391. The van der Waals surface area contributed by atoms with E-state index in [2.05, 4.69) is 16.9 Å². The number of nitrogen functional groups attached to an aromatic ring is 1. The molecule has 0 saturated heterocycles. The molecular formula is C9H14ClN3O. The van der Waals surface area contributed by atoms with Crippen LogP contribution in [-0.4, -0.2) is 16.1 Å². The normalized spacial score (nSPS) is 12.5. The van der Waals surface area contributed by atoms with Gasteiger partial charge >= 0.3 is 0 Å². The first kappa shape index (κ1) is 11.0. The third-order valence-corrected chi connectivity index (χ3v) is 2.00. The lowest BCUT2D eigenvalue weighted by molar-refractivity contribution is 0.201. The molecule has 1 aromatic heterocycles. The van der Waals surface area contributed by atoms with Gasteiger partial charge in [-0.25, -0.2) is 4.98 Å². The molecule has 0 aromatic carbocycles. The average molecular weight is 216 g/mol. The van der Waals surface area contributed by atoms with Crippen molar-refractivity contribution in [3.8, 4) is 5.88 Å². The van der Waals surface area contributed by atoms with E-state index in [0.29, 0.717) is 10.9 Å². The zero-order chi connectivity index (χ0) is 10.6. The maximum Gasteiger partial charge on any atom is 0.237 e. The maximum atomic E-state index is 5.83. The minimum atomic E-state index is 0.0896. The summed E-state index contributed by atoms with van der Waals surface area (Å²) < 4.78 is 5.50. The van der Waals surface area contributed by atoms with Crippen LogP contribution in [0, 0.1) is 0 Å². The Balaban J connectivity index is 2.70. The average Bonchev–Trinajstić information content (AvgIpc) is 2.12. The van der Waals surface area contributed by atoms with E-state index < -0.39 is 0 Å². The van der Waals surface area contributed by atoms with Gasteiger partial charge in [0, 0.05) is 0 Å². The molecule has 0 spiro atoms. The fraction of sp³-hybridized carbons (Fsp3) is 0.556. The maximum absolute atomic E-state index is 5.83. The lowest BCUT2D eigenvalue weighted by Crippen LogP contribution is -2.13. The molecule has 0 aliphatic heterocycles. The van der Waals surface area contributed by atoms with Gasteiger partial charge in [-0.15, -0.1) is 0 Å². The van der Waals surface area contributed by atoms with Crippen molar-refractivity contribution in [3.05, 3.63) is 11.2 Å². The largest absolute Gasteiger partial charge is 0.473 e. The van der Waals surface area contributed by atoms with Gasteiger partial charge in [0.05, 0.1) is 12.3 Å². The van der Waals surface area contributed by atoms with Crippen LogP contribution < -0.4 is 10.5 Å². The topological polar surface area (TPSA) is 61.0 Å². The Morgan fingerprint density at radius 2 is 2.36 bits per heavy atom. The van der Waals surface area contributed by atoms with Gasteiger partial charge in [0.15, 0.2) is 0 Å². The molecule has 0 amide bonds. The van der Waals surface area contributed by atoms with Crippen molar-refractivity contribution in [1.29, 1.82) is 0 Å². The second-order valence-electron chi connectivity index (χ2n) is 3.10. The Morgan fingerprint density at radius 1 is 1.64 bits per heavy atom. The van der Waals surface area contributed by atoms with Gasteiger partial charge in [0.1, 0.15) is 5.02 Å². The predicted octanol–water partition coefficient (Wildman–Crippen LogP) is 2.28. The standard InChI is InChI=1S/C9H14ClN3O/c1-3-4-6(2)14-8-7(10)5-12-9(11)13-8/h5-6H,3-4H2,1-2H3,(H2,11,12,13). The zero-order valence-electron chi connectivity index (χ0n) is 8.33. The van der Waals surface area contributed by atoms with Crippen molar-refractivity contribution in [2.24, 2.45) is 0 Å². The molecule has 0 aliphatic carbocycles. The molecule has 0 radical (unpaired) electrons. The van der Waals surface area contributed by atoms with E-state index >= 15 is 0 Å². The van der Waals surface area contributed by atoms with Gasteiger partial charge < -0.3 is 10.5 Å². The molecule has 0 fully saturated rings. The summed E-state index contributed by atoms with van der Waals surface area (Å²) in [6.07, 6.45) is 3.55. The lowest BCUT2D eigenvalue weighted by atomic mass is 10.2. The minimum Gasteiger partial charge on any atom is -0.473 e. The fourth-order valence-corrected chi connectivity index (χ4v) is 1.24. The Labute approximate surface area is 88.5 Å². The molecule has 1 rings (SSSR count). The number of hydrogen-bond acceptors (Lipinski definition) is 4. The molecule has 0 saturated carbocycles. The molecule has 1 heterocycles. The number of halogens is 1. The second kappa shape index (κ2) is 5.00. The quantitative estimate of drug-likeness (QED) is 0.837. The summed E-state index contributed by atoms with van der Waals surface area (Å²) in [5.41, 5.74) is 5.42. The number of anilines is 1. The molecule has 4 nitrogen and oxygen atoms in total. The molecule has 0 bridgehead atoms. The van der Waals surface area contributed by atoms with Crippen LogP contribution in [0.5, 0.6) is 5.88 Å². The lowest BCUT2D eigenvalue weighted by Gasteiger charge is -2.13. The van der Waals surface area contributed by atoms with E-state index in [4.69, 9.17) is 22.1 Å². The van der Waals surface area contributed by atoms with Crippen molar-refractivity contribution in [2.45, 2.75) is 32.8 Å². The Kier molecular flexibility index (Phi) is 3.95. The summed E-state index contributed by atoms with van der Waals surface area (Å²) in [6.45, 7) is 4.06. The van der Waals surface area contributed by atoms with Gasteiger partial charge in [0.25, 0.3) is 0 Å². The van der Waals surface area contributed by atoms with Crippen LogP contribution in [-0.2, 0) is 0 Å². The van der Waals surface area contributed by atoms with E-state index in [9.17, 15) is 0 Å². The van der Waals surface area contributed by atoms with Crippen molar-refractivity contribution < 1.29 is 4.74 Å². The predicted molar refractivity (Wildman–Crippen MR) is 56.5 cm³/mol. The second-order valence-corrected chi connectivity index (χ2v) is 3.51. The number of nitrogens with two attached hydrogens (primary N) is 1. The molecular weight excluding hydrogens is 202 g/mol. The highest BCUT2D eigenvalue weighted by Crippen LogP contribution is 2.22. The molecule has 5 heteroatoms. The van der Waals surface area contributed by atoms with E-state index in [1.807, 2.05) is 6.92 Å². The van der Waals surface area contributed by atoms with E-state index in [-0.39, 0.29) is 12.1 Å². The van der Waals surface area contributed by atoms with Gasteiger partial charge in [-0.2, -0.15) is 4.98 Å². The monoisotopic (exact) mass is 215 g/mol. The van der Waals surface area contributed by atoms with Gasteiger partial charge in [-0.1, -0.05) is 24.9 Å². The van der Waals surface area contributed by atoms with Crippen molar-refractivity contribution >= 4 is 17.5 Å². The number of ether oxygens (including phenoxy) is 1. The highest BCUT2D eigenvalue weighted by atomic mass is 35.5. The van der Waals surface area contributed by atoms with Crippen LogP contribution in [0.15, 0.2) is 6.20 Å². The van der Waals surface area contributed by atoms with E-state index in [0.717, 1.165) is 12.8 Å². The summed E-state index contributed by atoms with van der Waals surface area (Å²) in [4.78, 5) is 7.65. The first-order valence-electron chi connectivity index (χ1n) is 4.58. The Hall–Kier alpha value is -1.03. The summed E-state index contributed by atoms with van der Waals surface area (Å²) in [5.74, 6) is 0.535. The SMILES string of the molecule is CCCC(C)Oc1nc(N)ncc1Cl. The fourth-order valence-electron chi connectivity index (χ4n) is 1.10. The van der Waals surface area contributed by atoms with Crippen molar-refractivity contribution in [1.82, 2.24) is 9.97 Å². The smallest absolute Gasteiger partial charge is 0.237 e. The third kappa shape index (κ3) is 3.03. The van der Waals surface area contributed by atoms with Gasteiger partial charge in [-0.3, -0.25) is 0 Å². The van der Waals surface area contributed by atoms with Crippen LogP contribution in [0.2, 0.25) is 5.02 Å². The van der Waals surface area contributed by atoms with Crippen LogP contribution in [0.25, 0.3) is 0 Å². The molecule has 14 heavy (non-hydrogen) atoms. The van der Waals surface area contributed by atoms with E-state index in [1.54, 1.807) is 0 Å². The first-order valence-corrected chi connectivity index (χ1v) is 4.96. The van der Waals surface area contributed by atoms with Gasteiger partial charge in [0.2, 0.25) is 11.8 Å². The number of aromatic nitrogens is 2. The van der Waals surface area contributed by atoms with Crippen LogP contribution >= 0.6 is 11.6 Å². The van der Waals surface area contributed by atoms with Crippen LogP contribution in [0.1, 0.15) is 26.7 Å². The minimum absolute atomic E-state index is 0.0896. The summed E-state index contributed by atoms with van der Waals surface area (Å²) in [6, 6.07) is 0. The summed E-state index contributed by atoms with van der Waals surface area (Å²) in [7, 11) is 0. The van der Waals surface area contributed by atoms with Crippen molar-refractivity contribution in [2.75, 3.05) is 5.73 Å². The highest BCUT2D eigenvalue weighted by molar-refractivity contribution is 6.31. The molecule has 1 unspecified atom stereocenters. The van der Waals surface area contributed by atoms with Crippen molar-refractivity contribution in [3.63, 3.8) is 0 Å². The number of hydrogen-bond donors (Lipinski definition) is 1. The Morgan fingerprint density at radius 3 is 3.00 bits per heavy atom.